The third-order valence-electron chi connectivity index (χ3n) is 8.46. The first-order chi connectivity index (χ1) is 23.9. The fraction of sp³-hybridized carbons (Fsp3) is 0.829. The first kappa shape index (κ1) is 47.2. The Morgan fingerprint density at radius 2 is 0.980 bits per heavy atom. The predicted octanol–water partition coefficient (Wildman–Crippen LogP) is 10.3. The Bertz CT molecular complexity index is 781. The second kappa shape index (κ2) is 37.5. The summed E-state index contributed by atoms with van der Waals surface area (Å²) in [6.45, 7) is 8.02. The zero-order valence-corrected chi connectivity index (χ0v) is 33.2. The molecule has 0 aliphatic rings. The van der Waals surface area contributed by atoms with E-state index in [1.807, 2.05) is 4.90 Å². The van der Waals surface area contributed by atoms with Crippen molar-refractivity contribution in [1.29, 1.82) is 0 Å². The summed E-state index contributed by atoms with van der Waals surface area (Å²) in [5.74, 6) is 1.57. The van der Waals surface area contributed by atoms with E-state index in [1.165, 1.54) is 51.4 Å². The zero-order chi connectivity index (χ0) is 36.0. The lowest BCUT2D eigenvalue weighted by Gasteiger charge is -2.23. The summed E-state index contributed by atoms with van der Waals surface area (Å²) in [5.41, 5.74) is 0. The number of rotatable bonds is 36. The van der Waals surface area contributed by atoms with Crippen LogP contribution in [0.4, 0.5) is 0 Å². The normalized spacial score (nSPS) is 11.6. The SMILES string of the molecule is CCCCCCC=CCCC(=O)OCCCCCCN(CCCCCCOC(=O)CCC=CCCCCCC)C(=O)CSCCCN(C)C. The molecule has 8 heteroatoms. The minimum Gasteiger partial charge on any atom is -0.466 e. The summed E-state index contributed by atoms with van der Waals surface area (Å²) in [5, 5.41) is 0. The highest BCUT2D eigenvalue weighted by Crippen LogP contribution is 2.11. The van der Waals surface area contributed by atoms with Crippen LogP contribution in [-0.2, 0) is 23.9 Å². The van der Waals surface area contributed by atoms with Crippen molar-refractivity contribution >= 4 is 29.6 Å². The van der Waals surface area contributed by atoms with Crippen molar-refractivity contribution in [3.63, 3.8) is 0 Å². The minimum atomic E-state index is -0.107. The molecule has 0 atom stereocenters. The number of nitrogens with zero attached hydrogens (tertiary/aromatic N) is 2. The monoisotopic (exact) mass is 709 g/mol. The molecule has 0 radical (unpaired) electrons. The van der Waals surface area contributed by atoms with Crippen LogP contribution in [-0.4, -0.2) is 86.1 Å². The molecule has 0 fully saturated rings. The zero-order valence-electron chi connectivity index (χ0n) is 32.4. The summed E-state index contributed by atoms with van der Waals surface area (Å²) >= 11 is 1.74. The van der Waals surface area contributed by atoms with Gasteiger partial charge in [-0.15, -0.1) is 0 Å². The number of unbranched alkanes of at least 4 members (excludes halogenated alkanes) is 14. The molecule has 286 valence electrons. The molecular weight excluding hydrogens is 633 g/mol. The van der Waals surface area contributed by atoms with Crippen molar-refractivity contribution in [3.05, 3.63) is 24.3 Å². The largest absolute Gasteiger partial charge is 0.466 e. The number of esters is 2. The van der Waals surface area contributed by atoms with Crippen LogP contribution in [0.15, 0.2) is 24.3 Å². The van der Waals surface area contributed by atoms with Crippen LogP contribution in [0, 0.1) is 0 Å². The topological polar surface area (TPSA) is 76.1 Å². The van der Waals surface area contributed by atoms with E-state index in [0.29, 0.717) is 31.8 Å². The smallest absolute Gasteiger partial charge is 0.306 e. The lowest BCUT2D eigenvalue weighted by Crippen LogP contribution is -2.34. The maximum atomic E-state index is 13.1. The molecule has 0 unspecified atom stereocenters. The van der Waals surface area contributed by atoms with Gasteiger partial charge in [0.2, 0.25) is 5.91 Å². The molecule has 0 heterocycles. The number of amides is 1. The van der Waals surface area contributed by atoms with Gasteiger partial charge >= 0.3 is 11.9 Å². The second-order valence-corrected chi connectivity index (χ2v) is 14.7. The Kier molecular flexibility index (Phi) is 36.1. The van der Waals surface area contributed by atoms with Crippen molar-refractivity contribution in [2.45, 2.75) is 162 Å². The van der Waals surface area contributed by atoms with Crippen molar-refractivity contribution in [1.82, 2.24) is 9.80 Å². The third-order valence-corrected chi connectivity index (χ3v) is 9.48. The molecule has 0 aliphatic heterocycles. The molecule has 1 amide bonds. The number of carbonyl (C=O) groups excluding carboxylic acids is 3. The van der Waals surface area contributed by atoms with Crippen LogP contribution in [0.25, 0.3) is 0 Å². The standard InChI is InChI=1S/C41H76N2O5S/c1-5-7-9-11-13-15-17-23-30-40(45)47-35-27-21-19-25-33-43(39(44)38-49-37-29-32-42(3)4)34-26-20-22-28-36-48-41(46)31-24-18-16-14-12-10-8-6-2/h15-18H,5-14,19-38H2,1-4H3. The number of hydrogen-bond acceptors (Lipinski definition) is 7. The fourth-order valence-corrected chi connectivity index (χ4v) is 6.21. The van der Waals surface area contributed by atoms with E-state index in [1.54, 1.807) is 11.8 Å². The molecule has 0 aromatic heterocycles. The van der Waals surface area contributed by atoms with Gasteiger partial charge in [-0.1, -0.05) is 89.5 Å². The number of ether oxygens (including phenoxy) is 2. The van der Waals surface area contributed by atoms with Gasteiger partial charge in [0.15, 0.2) is 0 Å². The number of allylic oxidation sites excluding steroid dienone is 4. The van der Waals surface area contributed by atoms with Gasteiger partial charge in [-0.3, -0.25) is 14.4 Å². The van der Waals surface area contributed by atoms with E-state index >= 15 is 0 Å². The molecule has 49 heavy (non-hydrogen) atoms. The fourth-order valence-electron chi connectivity index (χ4n) is 5.38. The highest BCUT2D eigenvalue weighted by atomic mass is 32.2. The minimum absolute atomic E-state index is 0.107. The van der Waals surface area contributed by atoms with E-state index in [4.69, 9.17) is 9.47 Å². The third kappa shape index (κ3) is 35.8. The van der Waals surface area contributed by atoms with Gasteiger partial charge in [0.1, 0.15) is 0 Å². The van der Waals surface area contributed by atoms with Crippen LogP contribution in [0.2, 0.25) is 0 Å². The van der Waals surface area contributed by atoms with Crippen LogP contribution in [0.3, 0.4) is 0 Å². The van der Waals surface area contributed by atoms with Gasteiger partial charge in [0, 0.05) is 25.9 Å². The van der Waals surface area contributed by atoms with E-state index in [9.17, 15) is 14.4 Å². The first-order valence-corrected chi connectivity index (χ1v) is 21.2. The molecule has 0 rings (SSSR count). The Hall–Kier alpha value is -1.80. The summed E-state index contributed by atoms with van der Waals surface area (Å²) in [6.07, 6.45) is 32.2. The molecule has 0 saturated heterocycles. The molecule has 7 nitrogen and oxygen atoms in total. The van der Waals surface area contributed by atoms with E-state index in [0.717, 1.165) is 109 Å². The Balaban J connectivity index is 4.17. The number of carbonyl (C=O) groups is 3. The summed E-state index contributed by atoms with van der Waals surface area (Å²) in [4.78, 5) is 41.3. The summed E-state index contributed by atoms with van der Waals surface area (Å²) in [6, 6.07) is 0. The molecule has 0 spiro atoms. The predicted molar refractivity (Wildman–Crippen MR) is 210 cm³/mol. The van der Waals surface area contributed by atoms with E-state index in [2.05, 4.69) is 57.1 Å². The quantitative estimate of drug-likeness (QED) is 0.0364. The highest BCUT2D eigenvalue weighted by molar-refractivity contribution is 7.99. The van der Waals surface area contributed by atoms with E-state index < -0.39 is 0 Å². The van der Waals surface area contributed by atoms with Gasteiger partial charge in [-0.2, -0.15) is 11.8 Å². The number of thioether (sulfide) groups is 1. The van der Waals surface area contributed by atoms with Crippen molar-refractivity contribution < 1.29 is 23.9 Å². The Morgan fingerprint density at radius 1 is 0.531 bits per heavy atom. The average molecular weight is 709 g/mol. The van der Waals surface area contributed by atoms with Crippen molar-refractivity contribution in [2.75, 3.05) is 58.4 Å². The molecule has 0 aromatic carbocycles. The molecule has 0 N–H and O–H groups in total. The molecular formula is C41H76N2O5S. The molecule has 0 saturated carbocycles. The molecule has 0 aliphatic carbocycles. The van der Waals surface area contributed by atoms with Crippen LogP contribution in [0.5, 0.6) is 0 Å². The first-order valence-electron chi connectivity index (χ1n) is 20.0. The highest BCUT2D eigenvalue weighted by Gasteiger charge is 2.13. The Labute approximate surface area is 306 Å². The Morgan fingerprint density at radius 3 is 1.45 bits per heavy atom. The van der Waals surface area contributed by atoms with Crippen LogP contribution in [0.1, 0.15) is 162 Å². The maximum absolute atomic E-state index is 13.1. The van der Waals surface area contributed by atoms with Gasteiger partial charge in [-0.05, 0) is 110 Å². The van der Waals surface area contributed by atoms with Gasteiger partial charge < -0.3 is 19.3 Å². The van der Waals surface area contributed by atoms with Crippen LogP contribution >= 0.6 is 11.8 Å². The number of hydrogen-bond donors (Lipinski definition) is 0. The van der Waals surface area contributed by atoms with Crippen molar-refractivity contribution in [3.8, 4) is 0 Å². The van der Waals surface area contributed by atoms with Crippen LogP contribution < -0.4 is 0 Å². The van der Waals surface area contributed by atoms with Gasteiger partial charge in [0.05, 0.1) is 19.0 Å². The average Bonchev–Trinajstić information content (AvgIpc) is 3.08. The maximum Gasteiger partial charge on any atom is 0.306 e. The lowest BCUT2D eigenvalue weighted by atomic mass is 10.1. The van der Waals surface area contributed by atoms with Gasteiger partial charge in [0.25, 0.3) is 0 Å². The lowest BCUT2D eigenvalue weighted by molar-refractivity contribution is -0.144. The van der Waals surface area contributed by atoms with Crippen molar-refractivity contribution in [2.24, 2.45) is 0 Å². The summed E-state index contributed by atoms with van der Waals surface area (Å²) in [7, 11) is 4.16. The summed E-state index contributed by atoms with van der Waals surface area (Å²) < 4.78 is 10.8. The molecule has 0 aromatic rings. The van der Waals surface area contributed by atoms with Gasteiger partial charge in [-0.25, -0.2) is 0 Å². The molecule has 0 bridgehead atoms. The second-order valence-electron chi connectivity index (χ2n) is 13.6. The van der Waals surface area contributed by atoms with E-state index in [-0.39, 0.29) is 17.8 Å².